The molecule has 10 aromatic carbocycles. The molecule has 342 valence electrons. The number of hydrogen-bond donors (Lipinski definition) is 0. The van der Waals surface area contributed by atoms with Crippen molar-refractivity contribution in [2.75, 3.05) is 4.90 Å². The second-order valence-corrected chi connectivity index (χ2v) is 21.4. The Labute approximate surface area is 419 Å². The Morgan fingerprint density at radius 2 is 0.704 bits per heavy atom. The lowest BCUT2D eigenvalue weighted by Gasteiger charge is -2.42. The molecular weight excluding hydrogens is 855 g/mol. The molecule has 0 atom stereocenters. The van der Waals surface area contributed by atoms with Crippen molar-refractivity contribution in [2.45, 2.75) is 62.2 Å². The number of nitrogens with zero attached hydrogens (tertiary/aromatic N) is 1. The van der Waals surface area contributed by atoms with Gasteiger partial charge in [-0.3, -0.25) is 0 Å². The van der Waals surface area contributed by atoms with E-state index in [1.807, 2.05) is 0 Å². The fourth-order valence-electron chi connectivity index (χ4n) is 13.2. The molecule has 0 aliphatic heterocycles. The number of para-hydroxylation sites is 1. The maximum absolute atomic E-state index is 2.58. The molecule has 0 N–H and O–H groups in total. The summed E-state index contributed by atoms with van der Waals surface area (Å²) in [7, 11) is 0. The van der Waals surface area contributed by atoms with E-state index in [0.717, 1.165) is 23.5 Å². The van der Waals surface area contributed by atoms with Gasteiger partial charge in [0.2, 0.25) is 0 Å². The standard InChI is InChI=1S/C70H57N/c1-67(2)42-43-68(3,4)65-44-48(38-41-62(65)67)58-46-59-56-35-21-23-37-61(56)70(51-28-14-7-15-29-51,52-30-16-8-17-31-52)64(59)47-66(58)71(53-32-18-9-19-33-53)54-39-40-57-55-34-20-22-36-60(55)69(63(57)45-54,49-24-10-5-11-25-49)50-26-12-6-13-27-50/h5-41,44-47H,42-43H2,1-4H3. The molecule has 71 heavy (non-hydrogen) atoms. The Bertz CT molecular complexity index is 3550. The summed E-state index contributed by atoms with van der Waals surface area (Å²) in [6.07, 6.45) is 2.32. The smallest absolute Gasteiger partial charge is 0.0714 e. The fourth-order valence-corrected chi connectivity index (χ4v) is 13.2. The van der Waals surface area contributed by atoms with Crippen LogP contribution in [0.3, 0.4) is 0 Å². The summed E-state index contributed by atoms with van der Waals surface area (Å²) >= 11 is 0. The molecule has 0 spiro atoms. The highest BCUT2D eigenvalue weighted by Crippen LogP contribution is 2.61. The lowest BCUT2D eigenvalue weighted by Crippen LogP contribution is -2.33. The van der Waals surface area contributed by atoms with Gasteiger partial charge in [0.15, 0.2) is 0 Å². The van der Waals surface area contributed by atoms with Crippen molar-refractivity contribution < 1.29 is 0 Å². The van der Waals surface area contributed by atoms with Crippen LogP contribution in [0.25, 0.3) is 33.4 Å². The minimum Gasteiger partial charge on any atom is -0.310 e. The molecule has 0 radical (unpaired) electrons. The average molecular weight is 912 g/mol. The molecule has 0 amide bonds. The number of anilines is 3. The first-order chi connectivity index (χ1) is 34.7. The highest BCUT2D eigenvalue weighted by atomic mass is 15.1. The van der Waals surface area contributed by atoms with Crippen LogP contribution in [0.2, 0.25) is 0 Å². The molecule has 3 aliphatic carbocycles. The van der Waals surface area contributed by atoms with Crippen LogP contribution in [0.15, 0.2) is 249 Å². The van der Waals surface area contributed by atoms with E-state index in [4.69, 9.17) is 0 Å². The Balaban J connectivity index is 1.15. The minimum atomic E-state index is -0.582. The molecule has 10 aromatic rings. The van der Waals surface area contributed by atoms with Crippen LogP contribution in [0, 0.1) is 0 Å². The van der Waals surface area contributed by atoms with E-state index >= 15 is 0 Å². The highest BCUT2D eigenvalue weighted by molar-refractivity contribution is 5.98. The Kier molecular flexibility index (Phi) is 9.88. The molecular formula is C70H57N. The topological polar surface area (TPSA) is 3.24 Å². The Morgan fingerprint density at radius 3 is 1.23 bits per heavy atom. The van der Waals surface area contributed by atoms with Gasteiger partial charge in [0.05, 0.1) is 16.5 Å². The van der Waals surface area contributed by atoms with E-state index in [2.05, 4.69) is 281 Å². The zero-order chi connectivity index (χ0) is 48.0. The third-order valence-electron chi connectivity index (χ3n) is 16.7. The monoisotopic (exact) mass is 911 g/mol. The van der Waals surface area contributed by atoms with Crippen LogP contribution in [-0.4, -0.2) is 0 Å². The quantitative estimate of drug-likeness (QED) is 0.147. The zero-order valence-corrected chi connectivity index (χ0v) is 41.0. The van der Waals surface area contributed by atoms with Gasteiger partial charge in [0.25, 0.3) is 0 Å². The van der Waals surface area contributed by atoms with Gasteiger partial charge in [0, 0.05) is 16.9 Å². The first-order valence-corrected chi connectivity index (χ1v) is 25.5. The predicted octanol–water partition coefficient (Wildman–Crippen LogP) is 17.9. The second kappa shape index (κ2) is 16.3. The predicted molar refractivity (Wildman–Crippen MR) is 296 cm³/mol. The summed E-state index contributed by atoms with van der Waals surface area (Å²) in [5.74, 6) is 0. The summed E-state index contributed by atoms with van der Waals surface area (Å²) in [5.41, 5.74) is 23.0. The van der Waals surface area contributed by atoms with E-state index in [0.29, 0.717) is 0 Å². The van der Waals surface area contributed by atoms with Gasteiger partial charge in [-0.1, -0.05) is 240 Å². The van der Waals surface area contributed by atoms with Crippen LogP contribution in [0.5, 0.6) is 0 Å². The van der Waals surface area contributed by atoms with Gasteiger partial charge >= 0.3 is 0 Å². The van der Waals surface area contributed by atoms with Crippen molar-refractivity contribution in [1.82, 2.24) is 0 Å². The lowest BCUT2D eigenvalue weighted by molar-refractivity contribution is 0.332. The summed E-state index contributed by atoms with van der Waals surface area (Å²) in [4.78, 5) is 2.57. The molecule has 3 aliphatic rings. The molecule has 0 heterocycles. The van der Waals surface area contributed by atoms with Gasteiger partial charge in [-0.05, 0) is 144 Å². The average Bonchev–Trinajstić information content (AvgIpc) is 3.89. The first kappa shape index (κ1) is 43.1. The van der Waals surface area contributed by atoms with Crippen molar-refractivity contribution in [3.63, 3.8) is 0 Å². The van der Waals surface area contributed by atoms with Gasteiger partial charge < -0.3 is 4.90 Å². The third-order valence-corrected chi connectivity index (χ3v) is 16.7. The summed E-state index contributed by atoms with van der Waals surface area (Å²) < 4.78 is 0. The summed E-state index contributed by atoms with van der Waals surface area (Å²) in [6, 6.07) is 94.0. The number of benzene rings is 10. The molecule has 0 saturated carbocycles. The van der Waals surface area contributed by atoms with Crippen molar-refractivity contribution in [1.29, 1.82) is 0 Å². The Morgan fingerprint density at radius 1 is 0.282 bits per heavy atom. The van der Waals surface area contributed by atoms with Gasteiger partial charge in [-0.2, -0.15) is 0 Å². The first-order valence-electron chi connectivity index (χ1n) is 25.5. The Hall–Kier alpha value is -8.00. The van der Waals surface area contributed by atoms with Crippen LogP contribution in [-0.2, 0) is 21.7 Å². The van der Waals surface area contributed by atoms with Crippen LogP contribution in [0.4, 0.5) is 17.1 Å². The zero-order valence-electron chi connectivity index (χ0n) is 41.0. The molecule has 0 bridgehead atoms. The van der Waals surface area contributed by atoms with Crippen LogP contribution in [0.1, 0.15) is 96.2 Å². The molecule has 1 nitrogen and oxygen atoms in total. The van der Waals surface area contributed by atoms with E-state index in [-0.39, 0.29) is 10.8 Å². The highest BCUT2D eigenvalue weighted by Gasteiger charge is 2.49. The molecule has 0 aromatic heterocycles. The van der Waals surface area contributed by atoms with Crippen molar-refractivity contribution >= 4 is 17.1 Å². The van der Waals surface area contributed by atoms with Gasteiger partial charge in [-0.25, -0.2) is 0 Å². The SMILES string of the molecule is CC1(C)CCC(C)(C)c2cc(-c3cc4c(cc3N(c3ccccc3)c3ccc5c(c3)C(c3ccccc3)(c3ccccc3)c3ccccc3-5)C(c3ccccc3)(c3ccccc3)c3ccccc3-4)ccc21. The van der Waals surface area contributed by atoms with E-state index in [1.165, 1.54) is 95.4 Å². The summed E-state index contributed by atoms with van der Waals surface area (Å²) in [6.45, 7) is 9.76. The van der Waals surface area contributed by atoms with E-state index in [1.54, 1.807) is 0 Å². The van der Waals surface area contributed by atoms with E-state index < -0.39 is 10.8 Å². The molecule has 0 saturated heterocycles. The van der Waals surface area contributed by atoms with E-state index in [9.17, 15) is 0 Å². The molecule has 0 fully saturated rings. The molecule has 13 rings (SSSR count). The third kappa shape index (κ3) is 6.38. The summed E-state index contributed by atoms with van der Waals surface area (Å²) in [5, 5.41) is 0. The van der Waals surface area contributed by atoms with Crippen molar-refractivity contribution in [2.24, 2.45) is 0 Å². The lowest BCUT2D eigenvalue weighted by atomic mass is 9.63. The largest absolute Gasteiger partial charge is 0.310 e. The number of hydrogen-bond acceptors (Lipinski definition) is 1. The maximum atomic E-state index is 2.58. The van der Waals surface area contributed by atoms with Crippen molar-refractivity contribution in [3.8, 4) is 33.4 Å². The van der Waals surface area contributed by atoms with Gasteiger partial charge in [-0.15, -0.1) is 0 Å². The fraction of sp³-hybridized carbons (Fsp3) is 0.143. The minimum absolute atomic E-state index is 0.0342. The van der Waals surface area contributed by atoms with Crippen molar-refractivity contribution in [3.05, 3.63) is 304 Å². The maximum Gasteiger partial charge on any atom is 0.0714 e. The van der Waals surface area contributed by atoms with Gasteiger partial charge in [0.1, 0.15) is 0 Å². The second-order valence-electron chi connectivity index (χ2n) is 21.4. The van der Waals surface area contributed by atoms with Crippen LogP contribution >= 0.6 is 0 Å². The number of fused-ring (bicyclic) bond motifs is 7. The number of rotatable bonds is 8. The molecule has 1 heteroatoms. The normalized spacial score (nSPS) is 15.9. The molecule has 0 unspecified atom stereocenters. The van der Waals surface area contributed by atoms with Crippen LogP contribution < -0.4 is 4.90 Å².